The van der Waals surface area contributed by atoms with Gasteiger partial charge in [0, 0.05) is 5.02 Å². The smallest absolute Gasteiger partial charge is 0.119 e. The molecule has 3 nitrogen and oxygen atoms in total. The van der Waals surface area contributed by atoms with Crippen LogP contribution in [0, 0.1) is 0 Å². The number of hydrogen-bond acceptors (Lipinski definition) is 3. The predicted molar refractivity (Wildman–Crippen MR) is 88.2 cm³/mol. The Morgan fingerprint density at radius 2 is 1.71 bits per heavy atom. The SMILES string of the molecule is NNC(COc1ccc(Cl)cc1)Cc1ccc(Cl)c(Cl)c1. The van der Waals surface area contributed by atoms with Gasteiger partial charge in [-0.1, -0.05) is 40.9 Å². The molecule has 0 aliphatic heterocycles. The van der Waals surface area contributed by atoms with Gasteiger partial charge in [0.25, 0.3) is 0 Å². The lowest BCUT2D eigenvalue weighted by atomic mass is 10.1. The fourth-order valence-electron chi connectivity index (χ4n) is 1.84. The number of ether oxygens (including phenoxy) is 1. The highest BCUT2D eigenvalue weighted by atomic mass is 35.5. The summed E-state index contributed by atoms with van der Waals surface area (Å²) >= 11 is 17.7. The van der Waals surface area contributed by atoms with E-state index in [1.54, 1.807) is 18.2 Å². The van der Waals surface area contributed by atoms with E-state index in [-0.39, 0.29) is 6.04 Å². The first-order valence-electron chi connectivity index (χ1n) is 6.37. The van der Waals surface area contributed by atoms with Crippen LogP contribution in [0.25, 0.3) is 0 Å². The van der Waals surface area contributed by atoms with Gasteiger partial charge in [0.2, 0.25) is 0 Å². The Hall–Kier alpha value is -0.970. The summed E-state index contributed by atoms with van der Waals surface area (Å²) in [5, 5.41) is 1.74. The van der Waals surface area contributed by atoms with Crippen LogP contribution in [0.3, 0.4) is 0 Å². The molecule has 2 rings (SSSR count). The second-order valence-corrected chi connectivity index (χ2v) is 5.83. The topological polar surface area (TPSA) is 47.3 Å². The van der Waals surface area contributed by atoms with Gasteiger partial charge >= 0.3 is 0 Å². The Kier molecular flexibility index (Phi) is 6.15. The lowest BCUT2D eigenvalue weighted by Crippen LogP contribution is -2.41. The monoisotopic (exact) mass is 344 g/mol. The molecule has 1 atom stereocenters. The molecule has 21 heavy (non-hydrogen) atoms. The van der Waals surface area contributed by atoms with Crippen LogP contribution < -0.4 is 16.0 Å². The van der Waals surface area contributed by atoms with Crippen molar-refractivity contribution in [3.8, 4) is 5.75 Å². The molecule has 0 bridgehead atoms. The minimum atomic E-state index is -0.0436. The van der Waals surface area contributed by atoms with Crippen LogP contribution in [0.4, 0.5) is 0 Å². The van der Waals surface area contributed by atoms with Crippen molar-refractivity contribution in [2.24, 2.45) is 5.84 Å². The number of hydrazine groups is 1. The number of benzene rings is 2. The molecular weight excluding hydrogens is 331 g/mol. The molecule has 0 aliphatic rings. The molecule has 2 aromatic carbocycles. The summed E-state index contributed by atoms with van der Waals surface area (Å²) in [6, 6.07) is 12.7. The molecule has 1 unspecified atom stereocenters. The zero-order valence-corrected chi connectivity index (χ0v) is 13.4. The van der Waals surface area contributed by atoms with E-state index in [9.17, 15) is 0 Å². The molecule has 0 saturated carbocycles. The summed E-state index contributed by atoms with van der Waals surface area (Å²) in [6.07, 6.45) is 0.682. The minimum Gasteiger partial charge on any atom is -0.492 e. The van der Waals surface area contributed by atoms with Gasteiger partial charge in [-0.3, -0.25) is 11.3 Å². The van der Waals surface area contributed by atoms with Gasteiger partial charge in [0.15, 0.2) is 0 Å². The fourth-order valence-corrected chi connectivity index (χ4v) is 2.29. The van der Waals surface area contributed by atoms with Crippen molar-refractivity contribution in [3.05, 3.63) is 63.1 Å². The molecule has 0 amide bonds. The quantitative estimate of drug-likeness (QED) is 0.612. The van der Waals surface area contributed by atoms with Crippen LogP contribution in [0.2, 0.25) is 15.1 Å². The van der Waals surface area contributed by atoms with Gasteiger partial charge in [0.05, 0.1) is 16.1 Å². The van der Waals surface area contributed by atoms with Crippen LogP contribution >= 0.6 is 34.8 Å². The Morgan fingerprint density at radius 1 is 1.00 bits per heavy atom. The first-order valence-corrected chi connectivity index (χ1v) is 7.50. The van der Waals surface area contributed by atoms with E-state index < -0.39 is 0 Å². The zero-order valence-electron chi connectivity index (χ0n) is 11.2. The van der Waals surface area contributed by atoms with E-state index in [4.69, 9.17) is 45.4 Å². The van der Waals surface area contributed by atoms with E-state index in [1.807, 2.05) is 24.3 Å². The van der Waals surface area contributed by atoms with E-state index in [0.717, 1.165) is 11.3 Å². The van der Waals surface area contributed by atoms with Crippen molar-refractivity contribution in [2.45, 2.75) is 12.5 Å². The maximum atomic E-state index is 6.00. The van der Waals surface area contributed by atoms with E-state index >= 15 is 0 Å². The lowest BCUT2D eigenvalue weighted by molar-refractivity contribution is 0.264. The average Bonchev–Trinajstić information content (AvgIpc) is 2.49. The van der Waals surface area contributed by atoms with Gasteiger partial charge in [-0.15, -0.1) is 0 Å². The van der Waals surface area contributed by atoms with Crippen LogP contribution in [0.5, 0.6) is 5.75 Å². The number of rotatable bonds is 6. The van der Waals surface area contributed by atoms with E-state index in [1.165, 1.54) is 0 Å². The van der Waals surface area contributed by atoms with E-state index in [2.05, 4.69) is 5.43 Å². The fraction of sp³-hybridized carbons (Fsp3) is 0.200. The highest BCUT2D eigenvalue weighted by molar-refractivity contribution is 6.42. The van der Waals surface area contributed by atoms with Crippen LogP contribution in [0.15, 0.2) is 42.5 Å². The molecule has 0 fully saturated rings. The zero-order chi connectivity index (χ0) is 15.2. The minimum absolute atomic E-state index is 0.0436. The Bertz CT molecular complexity index is 590. The molecule has 0 aliphatic carbocycles. The van der Waals surface area contributed by atoms with Crippen molar-refractivity contribution < 1.29 is 4.74 Å². The molecule has 0 saturated heterocycles. The summed E-state index contributed by atoms with van der Waals surface area (Å²) < 4.78 is 5.68. The van der Waals surface area contributed by atoms with Gasteiger partial charge < -0.3 is 4.74 Å². The number of hydrogen-bond donors (Lipinski definition) is 2. The van der Waals surface area contributed by atoms with Crippen molar-refractivity contribution >= 4 is 34.8 Å². The molecule has 3 N–H and O–H groups in total. The molecule has 0 aromatic heterocycles. The van der Waals surface area contributed by atoms with Crippen molar-refractivity contribution in [2.75, 3.05) is 6.61 Å². The average molecular weight is 346 g/mol. The van der Waals surface area contributed by atoms with Gasteiger partial charge in [-0.2, -0.15) is 0 Å². The molecule has 0 heterocycles. The standard InChI is InChI=1S/C15H15Cl3N2O/c16-11-2-4-13(5-3-11)21-9-12(20-19)7-10-1-6-14(17)15(18)8-10/h1-6,8,12,20H,7,9,19H2. The van der Waals surface area contributed by atoms with Gasteiger partial charge in [-0.05, 0) is 48.4 Å². The van der Waals surface area contributed by atoms with Crippen molar-refractivity contribution in [1.82, 2.24) is 5.43 Å². The van der Waals surface area contributed by atoms with E-state index in [0.29, 0.717) is 28.1 Å². The maximum absolute atomic E-state index is 6.00. The molecular formula is C15H15Cl3N2O. The van der Waals surface area contributed by atoms with Gasteiger partial charge in [-0.25, -0.2) is 0 Å². The second kappa shape index (κ2) is 7.87. The molecule has 6 heteroatoms. The molecule has 2 aromatic rings. The van der Waals surface area contributed by atoms with Crippen LogP contribution in [-0.2, 0) is 6.42 Å². The first-order chi connectivity index (χ1) is 10.1. The van der Waals surface area contributed by atoms with Crippen LogP contribution in [-0.4, -0.2) is 12.6 Å². The third kappa shape index (κ3) is 5.06. The first kappa shape index (κ1) is 16.4. The Labute approximate surface area is 138 Å². The maximum Gasteiger partial charge on any atom is 0.119 e. The highest BCUT2D eigenvalue weighted by Gasteiger charge is 2.10. The predicted octanol–water partition coefficient (Wildman–Crippen LogP) is 4.10. The third-order valence-corrected chi connectivity index (χ3v) is 3.96. The summed E-state index contributed by atoms with van der Waals surface area (Å²) in [5.41, 5.74) is 3.77. The van der Waals surface area contributed by atoms with Crippen LogP contribution in [0.1, 0.15) is 5.56 Å². The van der Waals surface area contributed by atoms with Crippen molar-refractivity contribution in [1.29, 1.82) is 0 Å². The van der Waals surface area contributed by atoms with Crippen molar-refractivity contribution in [3.63, 3.8) is 0 Å². The summed E-state index contributed by atoms with van der Waals surface area (Å²) in [5.74, 6) is 6.31. The molecule has 112 valence electrons. The Morgan fingerprint density at radius 3 is 2.33 bits per heavy atom. The number of nitrogens with two attached hydrogens (primary N) is 1. The molecule has 0 spiro atoms. The summed E-state index contributed by atoms with van der Waals surface area (Å²) in [4.78, 5) is 0. The summed E-state index contributed by atoms with van der Waals surface area (Å²) in [6.45, 7) is 0.429. The normalized spacial score (nSPS) is 12.2. The molecule has 0 radical (unpaired) electrons. The van der Waals surface area contributed by atoms with Gasteiger partial charge in [0.1, 0.15) is 12.4 Å². The third-order valence-electron chi connectivity index (χ3n) is 2.97. The number of nitrogens with one attached hydrogen (secondary N) is 1. The largest absolute Gasteiger partial charge is 0.492 e. The number of halogens is 3. The second-order valence-electron chi connectivity index (χ2n) is 4.58. The Balaban J connectivity index is 1.93. The lowest BCUT2D eigenvalue weighted by Gasteiger charge is -2.17. The highest BCUT2D eigenvalue weighted by Crippen LogP contribution is 2.23. The summed E-state index contributed by atoms with van der Waals surface area (Å²) in [7, 11) is 0.